The third kappa shape index (κ3) is 4.04. The monoisotopic (exact) mass is 443 g/mol. The summed E-state index contributed by atoms with van der Waals surface area (Å²) >= 11 is 0. The number of hydrogen-bond donors (Lipinski definition) is 2. The molecule has 11 heteroatoms. The predicted molar refractivity (Wildman–Crippen MR) is 110 cm³/mol. The van der Waals surface area contributed by atoms with E-state index in [9.17, 15) is 17.6 Å². The predicted octanol–water partition coefficient (Wildman–Crippen LogP) is 4.41. The summed E-state index contributed by atoms with van der Waals surface area (Å²) in [6.07, 6.45) is 5.01. The molecule has 0 bridgehead atoms. The molecule has 7 nitrogen and oxygen atoms in total. The van der Waals surface area contributed by atoms with Gasteiger partial charge in [-0.15, -0.1) is 0 Å². The highest BCUT2D eigenvalue weighted by Gasteiger charge is 2.38. The van der Waals surface area contributed by atoms with Gasteiger partial charge in [0.15, 0.2) is 0 Å². The number of aromatic nitrogens is 4. The van der Waals surface area contributed by atoms with Crippen LogP contribution in [-0.2, 0) is 4.79 Å². The number of carboxylic acid groups (broad SMARTS) is 1. The fourth-order valence-corrected chi connectivity index (χ4v) is 3.21. The van der Waals surface area contributed by atoms with Gasteiger partial charge < -0.3 is 10.1 Å². The third-order valence-electron chi connectivity index (χ3n) is 4.59. The number of rotatable bonds is 2. The number of nitrogens with one attached hydrogen (secondary N) is 1. The topological polar surface area (TPSA) is 104 Å². The number of alkyl halides is 3. The Labute approximate surface area is 177 Å². The molecular weight excluding hydrogens is 430 g/mol. The standard InChI is InChI=1S/C19H12FN5.C2HF3O2/c20-14-9-24-19-18(17(14)12-3-5-22-8-12)13-6-15(23-10-16(13)25-19)11-2-1-4-21-7-11;3-2(4,5)1(6)7/h1-4,6-10H,5H2,(H,24,25);(H,6,7). The van der Waals surface area contributed by atoms with Crippen molar-refractivity contribution in [3.8, 4) is 11.3 Å². The number of fused-ring (bicyclic) bond motifs is 3. The minimum Gasteiger partial charge on any atom is -0.475 e. The van der Waals surface area contributed by atoms with E-state index in [4.69, 9.17) is 9.90 Å². The molecule has 0 unspecified atom stereocenters. The zero-order chi connectivity index (χ0) is 22.9. The van der Waals surface area contributed by atoms with E-state index in [1.54, 1.807) is 24.8 Å². The molecule has 0 amide bonds. The Hall–Kier alpha value is -4.15. The van der Waals surface area contributed by atoms with Gasteiger partial charge in [0.2, 0.25) is 0 Å². The Morgan fingerprint density at radius 2 is 1.94 bits per heavy atom. The largest absolute Gasteiger partial charge is 0.490 e. The van der Waals surface area contributed by atoms with Crippen molar-refractivity contribution < 1.29 is 27.5 Å². The van der Waals surface area contributed by atoms with Gasteiger partial charge in [0.05, 0.1) is 30.1 Å². The summed E-state index contributed by atoms with van der Waals surface area (Å²) in [6, 6.07) is 5.76. The summed E-state index contributed by atoms with van der Waals surface area (Å²) in [6.45, 7) is 0.573. The number of aliphatic imine (C=N–C) groups is 1. The first kappa shape index (κ1) is 21.1. The lowest BCUT2D eigenvalue weighted by molar-refractivity contribution is -0.192. The normalized spacial score (nSPS) is 13.2. The Balaban J connectivity index is 0.000000307. The summed E-state index contributed by atoms with van der Waals surface area (Å²) in [7, 11) is 0. The smallest absolute Gasteiger partial charge is 0.475 e. The lowest BCUT2D eigenvalue weighted by atomic mass is 10.0. The van der Waals surface area contributed by atoms with Crippen molar-refractivity contribution in [3.63, 3.8) is 0 Å². The zero-order valence-corrected chi connectivity index (χ0v) is 16.1. The molecule has 0 saturated heterocycles. The van der Waals surface area contributed by atoms with Crippen molar-refractivity contribution in [2.24, 2.45) is 4.99 Å². The molecule has 32 heavy (non-hydrogen) atoms. The number of carboxylic acids is 1. The molecule has 2 N–H and O–H groups in total. The van der Waals surface area contributed by atoms with E-state index in [1.165, 1.54) is 6.20 Å². The number of halogens is 4. The SMILES string of the molecule is Fc1cnc2[nH]c3cnc(-c4cccnc4)cc3c2c1C1=CCN=C1.O=C(O)C(F)(F)F. The van der Waals surface area contributed by atoms with Gasteiger partial charge >= 0.3 is 12.1 Å². The lowest BCUT2D eigenvalue weighted by Crippen LogP contribution is -2.21. The van der Waals surface area contributed by atoms with Crippen LogP contribution in [-0.4, -0.2) is 49.9 Å². The maximum Gasteiger partial charge on any atom is 0.490 e. The number of allylic oxidation sites excluding steroid dienone is 1. The van der Waals surface area contributed by atoms with Crippen LogP contribution in [0, 0.1) is 5.82 Å². The maximum atomic E-state index is 14.6. The van der Waals surface area contributed by atoms with Crippen LogP contribution >= 0.6 is 0 Å². The van der Waals surface area contributed by atoms with Gasteiger partial charge in [-0.2, -0.15) is 13.2 Å². The number of carbonyl (C=O) groups is 1. The van der Waals surface area contributed by atoms with Crippen molar-refractivity contribution >= 4 is 39.7 Å². The highest BCUT2D eigenvalue weighted by molar-refractivity contribution is 6.20. The van der Waals surface area contributed by atoms with Crippen molar-refractivity contribution in [1.82, 2.24) is 19.9 Å². The molecule has 5 rings (SSSR count). The second-order valence-corrected chi connectivity index (χ2v) is 6.64. The molecule has 1 aliphatic rings. The Morgan fingerprint density at radius 1 is 1.16 bits per heavy atom. The van der Waals surface area contributed by atoms with E-state index in [-0.39, 0.29) is 5.82 Å². The van der Waals surface area contributed by atoms with Crippen LogP contribution in [0.25, 0.3) is 38.8 Å². The third-order valence-corrected chi connectivity index (χ3v) is 4.59. The van der Waals surface area contributed by atoms with Gasteiger partial charge in [0, 0.05) is 46.1 Å². The molecule has 162 valence electrons. The molecule has 0 radical (unpaired) electrons. The molecule has 0 aromatic carbocycles. The van der Waals surface area contributed by atoms with E-state index in [0.717, 1.165) is 33.1 Å². The highest BCUT2D eigenvalue weighted by atomic mass is 19.4. The van der Waals surface area contributed by atoms with Gasteiger partial charge in [-0.1, -0.05) is 6.08 Å². The van der Waals surface area contributed by atoms with Crippen LogP contribution in [0.2, 0.25) is 0 Å². The van der Waals surface area contributed by atoms with Crippen LogP contribution in [0.5, 0.6) is 0 Å². The Morgan fingerprint density at radius 3 is 2.56 bits per heavy atom. The molecule has 4 aromatic heterocycles. The van der Waals surface area contributed by atoms with Gasteiger partial charge in [-0.05, 0) is 18.2 Å². The first-order valence-corrected chi connectivity index (χ1v) is 9.12. The van der Waals surface area contributed by atoms with Gasteiger partial charge in [-0.25, -0.2) is 14.2 Å². The van der Waals surface area contributed by atoms with Gasteiger partial charge in [-0.3, -0.25) is 15.0 Å². The van der Waals surface area contributed by atoms with Crippen LogP contribution in [0.15, 0.2) is 54.1 Å². The minimum atomic E-state index is -5.08. The molecule has 1 aliphatic heterocycles. The van der Waals surface area contributed by atoms with E-state index in [2.05, 4.69) is 24.9 Å². The first-order valence-electron chi connectivity index (χ1n) is 9.12. The summed E-state index contributed by atoms with van der Waals surface area (Å²) < 4.78 is 46.3. The van der Waals surface area contributed by atoms with E-state index >= 15 is 0 Å². The Kier molecular flexibility index (Phi) is 5.39. The Bertz CT molecular complexity index is 1380. The summed E-state index contributed by atoms with van der Waals surface area (Å²) in [5, 5.41) is 8.76. The van der Waals surface area contributed by atoms with Crippen molar-refractivity contribution in [2.45, 2.75) is 6.18 Å². The lowest BCUT2D eigenvalue weighted by Gasteiger charge is -2.05. The number of H-pyrrole nitrogens is 1. The van der Waals surface area contributed by atoms with Crippen molar-refractivity contribution in [1.29, 1.82) is 0 Å². The molecule has 0 spiro atoms. The average molecular weight is 443 g/mol. The molecule has 4 aromatic rings. The van der Waals surface area contributed by atoms with E-state index in [0.29, 0.717) is 17.8 Å². The average Bonchev–Trinajstić information content (AvgIpc) is 3.42. The quantitative estimate of drug-likeness (QED) is 0.447. The summed E-state index contributed by atoms with van der Waals surface area (Å²) in [5.74, 6) is -3.11. The number of pyridine rings is 3. The second-order valence-electron chi connectivity index (χ2n) is 6.64. The van der Waals surface area contributed by atoms with E-state index in [1.807, 2.05) is 24.3 Å². The summed E-state index contributed by atoms with van der Waals surface area (Å²) in [5.41, 5.74) is 4.46. The molecular formula is C21H13F4N5O2. The molecule has 0 atom stereocenters. The van der Waals surface area contributed by atoms with Crippen LogP contribution in [0.3, 0.4) is 0 Å². The number of hydrogen-bond acceptors (Lipinski definition) is 5. The number of aliphatic carboxylic acids is 1. The fraction of sp³-hybridized carbons (Fsp3) is 0.0952. The fourth-order valence-electron chi connectivity index (χ4n) is 3.21. The van der Waals surface area contributed by atoms with Crippen LogP contribution < -0.4 is 0 Å². The maximum absolute atomic E-state index is 14.6. The van der Waals surface area contributed by atoms with Gasteiger partial charge in [0.1, 0.15) is 11.5 Å². The van der Waals surface area contributed by atoms with Gasteiger partial charge in [0.25, 0.3) is 0 Å². The first-order chi connectivity index (χ1) is 15.3. The molecule has 0 saturated carbocycles. The molecule has 0 aliphatic carbocycles. The molecule has 5 heterocycles. The second kappa shape index (κ2) is 8.17. The number of aromatic amines is 1. The number of nitrogens with zero attached hydrogens (tertiary/aromatic N) is 4. The van der Waals surface area contributed by atoms with E-state index < -0.39 is 12.1 Å². The highest BCUT2D eigenvalue weighted by Crippen LogP contribution is 2.34. The van der Waals surface area contributed by atoms with Crippen molar-refractivity contribution in [2.75, 3.05) is 6.54 Å². The molecule has 0 fully saturated rings. The van der Waals surface area contributed by atoms with Crippen molar-refractivity contribution in [3.05, 3.63) is 60.4 Å². The van der Waals surface area contributed by atoms with Crippen LogP contribution in [0.4, 0.5) is 17.6 Å². The van der Waals surface area contributed by atoms with Crippen LogP contribution in [0.1, 0.15) is 5.56 Å². The summed E-state index contributed by atoms with van der Waals surface area (Å²) in [4.78, 5) is 29.1. The minimum absolute atomic E-state index is 0.354. The zero-order valence-electron chi connectivity index (χ0n) is 16.1.